The summed E-state index contributed by atoms with van der Waals surface area (Å²) >= 11 is 0. The van der Waals surface area contributed by atoms with Crippen molar-refractivity contribution < 1.29 is 9.53 Å². The van der Waals surface area contributed by atoms with E-state index in [2.05, 4.69) is 26.3 Å². The lowest BCUT2D eigenvalue weighted by atomic mass is 9.97. The number of aromatic nitrogens is 2. The predicted octanol–water partition coefficient (Wildman–Crippen LogP) is 2.24. The number of nitrogens with zero attached hydrogens (tertiary/aromatic N) is 3. The molecule has 0 atom stereocenters. The molecule has 1 aliphatic carbocycles. The Labute approximate surface area is 143 Å². The molecule has 1 N–H and O–H groups in total. The van der Waals surface area contributed by atoms with Crippen LogP contribution < -0.4 is 10.2 Å². The van der Waals surface area contributed by atoms with Gasteiger partial charge in [0.05, 0.1) is 13.2 Å². The van der Waals surface area contributed by atoms with Gasteiger partial charge in [0.1, 0.15) is 17.3 Å². The number of amides is 1. The van der Waals surface area contributed by atoms with Crippen molar-refractivity contribution in [3.8, 4) is 0 Å². The summed E-state index contributed by atoms with van der Waals surface area (Å²) in [7, 11) is 0. The maximum atomic E-state index is 12.4. The molecule has 2 heterocycles. The molecule has 2 aliphatic rings. The Morgan fingerprint density at radius 1 is 1.29 bits per heavy atom. The van der Waals surface area contributed by atoms with Gasteiger partial charge in [-0.3, -0.25) is 4.79 Å². The molecule has 1 aromatic rings. The van der Waals surface area contributed by atoms with Crippen LogP contribution in [0.3, 0.4) is 0 Å². The van der Waals surface area contributed by atoms with Crippen LogP contribution in [0.4, 0.5) is 5.82 Å². The Bertz CT molecular complexity index is 609. The SMILES string of the molecule is Cc1nc(C(=O)NCCC2=CCCCC2)cc(N2CCOCC2)n1. The Hall–Kier alpha value is -1.95. The summed E-state index contributed by atoms with van der Waals surface area (Å²) in [6.07, 6.45) is 8.17. The zero-order valence-electron chi connectivity index (χ0n) is 14.4. The number of carbonyl (C=O) groups is 1. The summed E-state index contributed by atoms with van der Waals surface area (Å²) in [5.74, 6) is 1.32. The molecule has 1 fully saturated rings. The molecule has 130 valence electrons. The third kappa shape index (κ3) is 4.54. The van der Waals surface area contributed by atoms with E-state index >= 15 is 0 Å². The van der Waals surface area contributed by atoms with Gasteiger partial charge in [0, 0.05) is 25.7 Å². The first-order valence-electron chi connectivity index (χ1n) is 8.87. The third-order valence-electron chi connectivity index (χ3n) is 4.51. The second-order valence-electron chi connectivity index (χ2n) is 6.37. The fourth-order valence-corrected chi connectivity index (χ4v) is 3.18. The largest absolute Gasteiger partial charge is 0.378 e. The van der Waals surface area contributed by atoms with Gasteiger partial charge in [-0.2, -0.15) is 0 Å². The Morgan fingerprint density at radius 2 is 2.12 bits per heavy atom. The lowest BCUT2D eigenvalue weighted by Gasteiger charge is -2.28. The highest BCUT2D eigenvalue weighted by Gasteiger charge is 2.16. The van der Waals surface area contributed by atoms with Crippen molar-refractivity contribution in [2.24, 2.45) is 0 Å². The van der Waals surface area contributed by atoms with E-state index < -0.39 is 0 Å². The fraction of sp³-hybridized carbons (Fsp3) is 0.611. The predicted molar refractivity (Wildman–Crippen MR) is 93.3 cm³/mol. The van der Waals surface area contributed by atoms with Crippen LogP contribution in [0.5, 0.6) is 0 Å². The van der Waals surface area contributed by atoms with Crippen molar-refractivity contribution in [2.45, 2.75) is 39.0 Å². The van der Waals surface area contributed by atoms with Crippen LogP contribution in [-0.2, 0) is 4.74 Å². The summed E-state index contributed by atoms with van der Waals surface area (Å²) in [6, 6.07) is 1.79. The highest BCUT2D eigenvalue weighted by molar-refractivity contribution is 5.92. The summed E-state index contributed by atoms with van der Waals surface area (Å²) in [5, 5.41) is 2.99. The van der Waals surface area contributed by atoms with Gasteiger partial charge in [-0.05, 0) is 39.0 Å². The molecule has 0 unspecified atom stereocenters. The molecule has 0 spiro atoms. The van der Waals surface area contributed by atoms with Crippen LogP contribution in [0.25, 0.3) is 0 Å². The number of anilines is 1. The minimum atomic E-state index is -0.119. The first-order valence-corrected chi connectivity index (χ1v) is 8.87. The molecule has 0 radical (unpaired) electrons. The van der Waals surface area contributed by atoms with Crippen LogP contribution in [0.15, 0.2) is 17.7 Å². The van der Waals surface area contributed by atoms with E-state index in [0.29, 0.717) is 31.3 Å². The number of nitrogens with one attached hydrogen (secondary N) is 1. The first kappa shape index (κ1) is 16.9. The maximum absolute atomic E-state index is 12.4. The highest BCUT2D eigenvalue weighted by atomic mass is 16.5. The summed E-state index contributed by atoms with van der Waals surface area (Å²) < 4.78 is 5.37. The topological polar surface area (TPSA) is 67.4 Å². The van der Waals surface area contributed by atoms with E-state index in [0.717, 1.165) is 25.3 Å². The van der Waals surface area contributed by atoms with E-state index in [4.69, 9.17) is 4.74 Å². The molecule has 1 saturated heterocycles. The van der Waals surface area contributed by atoms with E-state index in [1.54, 1.807) is 6.07 Å². The number of allylic oxidation sites excluding steroid dienone is 1. The van der Waals surface area contributed by atoms with Gasteiger partial charge in [0.25, 0.3) is 5.91 Å². The van der Waals surface area contributed by atoms with E-state index in [-0.39, 0.29) is 5.91 Å². The number of rotatable bonds is 5. The van der Waals surface area contributed by atoms with Gasteiger partial charge >= 0.3 is 0 Å². The molecule has 1 aliphatic heterocycles. The van der Waals surface area contributed by atoms with Gasteiger partial charge in [-0.1, -0.05) is 11.6 Å². The molecule has 3 rings (SSSR count). The summed E-state index contributed by atoms with van der Waals surface area (Å²) in [4.78, 5) is 23.3. The van der Waals surface area contributed by atoms with Gasteiger partial charge in [0.15, 0.2) is 0 Å². The summed E-state index contributed by atoms with van der Waals surface area (Å²) in [6.45, 7) is 5.48. The molecule has 0 saturated carbocycles. The lowest BCUT2D eigenvalue weighted by Crippen LogP contribution is -2.37. The third-order valence-corrected chi connectivity index (χ3v) is 4.51. The molecular formula is C18H26N4O2. The summed E-state index contributed by atoms with van der Waals surface area (Å²) in [5.41, 5.74) is 1.91. The number of hydrogen-bond donors (Lipinski definition) is 1. The number of aryl methyl sites for hydroxylation is 1. The maximum Gasteiger partial charge on any atom is 0.270 e. The van der Waals surface area contributed by atoms with Crippen molar-refractivity contribution in [3.63, 3.8) is 0 Å². The zero-order chi connectivity index (χ0) is 16.8. The van der Waals surface area contributed by atoms with Crippen molar-refractivity contribution in [1.82, 2.24) is 15.3 Å². The first-order chi connectivity index (χ1) is 11.7. The molecule has 1 aromatic heterocycles. The van der Waals surface area contributed by atoms with Crippen molar-refractivity contribution in [2.75, 3.05) is 37.7 Å². The Morgan fingerprint density at radius 3 is 2.88 bits per heavy atom. The van der Waals surface area contributed by atoms with Gasteiger partial charge in [0.2, 0.25) is 0 Å². The van der Waals surface area contributed by atoms with E-state index in [9.17, 15) is 4.79 Å². The van der Waals surface area contributed by atoms with Crippen LogP contribution >= 0.6 is 0 Å². The number of carbonyl (C=O) groups excluding carboxylic acids is 1. The Kier molecular flexibility index (Phi) is 5.80. The standard InChI is InChI=1S/C18H26N4O2/c1-14-20-16(13-17(21-14)22-9-11-24-12-10-22)18(23)19-8-7-15-5-3-2-4-6-15/h5,13H,2-4,6-12H2,1H3,(H,19,23). The van der Waals surface area contributed by atoms with Crippen LogP contribution in [0, 0.1) is 6.92 Å². The second-order valence-corrected chi connectivity index (χ2v) is 6.37. The van der Waals surface area contributed by atoms with Gasteiger partial charge in [-0.25, -0.2) is 9.97 Å². The number of hydrogen-bond acceptors (Lipinski definition) is 5. The van der Waals surface area contributed by atoms with Gasteiger partial charge < -0.3 is 15.0 Å². The molecule has 24 heavy (non-hydrogen) atoms. The second kappa shape index (κ2) is 8.24. The van der Waals surface area contributed by atoms with E-state index in [1.807, 2.05) is 6.92 Å². The molecule has 6 heteroatoms. The normalized spacial score (nSPS) is 18.2. The zero-order valence-corrected chi connectivity index (χ0v) is 14.4. The Balaban J connectivity index is 1.59. The minimum Gasteiger partial charge on any atom is -0.378 e. The quantitative estimate of drug-likeness (QED) is 0.839. The molecular weight excluding hydrogens is 304 g/mol. The molecule has 6 nitrogen and oxygen atoms in total. The average Bonchev–Trinajstić information content (AvgIpc) is 2.63. The lowest BCUT2D eigenvalue weighted by molar-refractivity contribution is 0.0948. The smallest absolute Gasteiger partial charge is 0.270 e. The van der Waals surface area contributed by atoms with Crippen LogP contribution in [0.2, 0.25) is 0 Å². The monoisotopic (exact) mass is 330 g/mol. The van der Waals surface area contributed by atoms with Crippen LogP contribution in [0.1, 0.15) is 48.4 Å². The fourth-order valence-electron chi connectivity index (χ4n) is 3.18. The molecule has 1 amide bonds. The van der Waals surface area contributed by atoms with Crippen molar-refractivity contribution >= 4 is 11.7 Å². The minimum absolute atomic E-state index is 0.119. The number of morpholine rings is 1. The average molecular weight is 330 g/mol. The van der Waals surface area contributed by atoms with Crippen molar-refractivity contribution in [1.29, 1.82) is 0 Å². The molecule has 0 bridgehead atoms. The number of ether oxygens (including phenoxy) is 1. The highest BCUT2D eigenvalue weighted by Crippen LogP contribution is 2.19. The van der Waals surface area contributed by atoms with E-state index in [1.165, 1.54) is 31.3 Å². The van der Waals surface area contributed by atoms with Gasteiger partial charge in [-0.15, -0.1) is 0 Å². The van der Waals surface area contributed by atoms with Crippen LogP contribution in [-0.4, -0.2) is 48.7 Å². The van der Waals surface area contributed by atoms with Crippen molar-refractivity contribution in [3.05, 3.63) is 29.2 Å². The molecule has 0 aromatic carbocycles.